The molecule has 1 aliphatic rings. The van der Waals surface area contributed by atoms with Crippen molar-refractivity contribution < 1.29 is 4.79 Å². The maximum Gasteiger partial charge on any atom is 0.163 e. The summed E-state index contributed by atoms with van der Waals surface area (Å²) in [7, 11) is 0. The second-order valence-corrected chi connectivity index (χ2v) is 6.47. The highest BCUT2D eigenvalue weighted by Gasteiger charge is 2.21. The van der Waals surface area contributed by atoms with E-state index in [1.54, 1.807) is 11.3 Å². The first-order chi connectivity index (χ1) is 8.63. The molecule has 2 N–H and O–H groups in total. The van der Waals surface area contributed by atoms with Crippen LogP contribution >= 0.6 is 23.1 Å². The zero-order chi connectivity index (χ0) is 12.7. The van der Waals surface area contributed by atoms with Crippen molar-refractivity contribution in [1.29, 1.82) is 0 Å². The van der Waals surface area contributed by atoms with Gasteiger partial charge in [0.05, 0.1) is 0 Å². The third kappa shape index (κ3) is 2.04. The van der Waals surface area contributed by atoms with Crippen LogP contribution in [0.5, 0.6) is 0 Å². The van der Waals surface area contributed by atoms with Crippen molar-refractivity contribution in [2.75, 3.05) is 5.73 Å². The van der Waals surface area contributed by atoms with Gasteiger partial charge >= 0.3 is 0 Å². The van der Waals surface area contributed by atoms with Gasteiger partial charge in [0, 0.05) is 33.6 Å². The fraction of sp³-hybridized carbons (Fsp3) is 0.231. The molecule has 1 heterocycles. The normalized spacial score (nSPS) is 13.9. The van der Waals surface area contributed by atoms with Crippen LogP contribution in [0.15, 0.2) is 26.7 Å². The molecule has 92 valence electrons. The molecular formula is C13H12N2OS2. The number of ketones is 1. The van der Waals surface area contributed by atoms with E-state index in [2.05, 4.69) is 4.98 Å². The number of nitrogens with two attached hydrogens (primary N) is 1. The highest BCUT2D eigenvalue weighted by Crippen LogP contribution is 2.37. The third-order valence-electron chi connectivity index (χ3n) is 2.95. The number of thiazole rings is 1. The summed E-state index contributed by atoms with van der Waals surface area (Å²) in [5, 5.41) is 2.01. The van der Waals surface area contributed by atoms with Gasteiger partial charge < -0.3 is 5.73 Å². The Morgan fingerprint density at radius 1 is 1.39 bits per heavy atom. The van der Waals surface area contributed by atoms with Gasteiger partial charge in [-0.25, -0.2) is 4.98 Å². The van der Waals surface area contributed by atoms with Crippen LogP contribution in [0.3, 0.4) is 0 Å². The van der Waals surface area contributed by atoms with Gasteiger partial charge in [-0.3, -0.25) is 4.79 Å². The van der Waals surface area contributed by atoms with Gasteiger partial charge in [-0.15, -0.1) is 11.3 Å². The standard InChI is InChI=1S/C13H12N2OS2/c1-7-6-17-13(15-7)18-12-5-9-8(4-10(12)14)2-3-11(9)16/h4-6H,2-3,14H2,1H3. The molecule has 1 aromatic carbocycles. The van der Waals surface area contributed by atoms with E-state index in [4.69, 9.17) is 5.73 Å². The third-order valence-corrected chi connectivity index (χ3v) is 5.08. The van der Waals surface area contributed by atoms with Crippen LogP contribution in [0.4, 0.5) is 5.69 Å². The molecular weight excluding hydrogens is 264 g/mol. The fourth-order valence-electron chi connectivity index (χ4n) is 2.05. The summed E-state index contributed by atoms with van der Waals surface area (Å²) >= 11 is 3.13. The van der Waals surface area contributed by atoms with E-state index in [1.165, 1.54) is 11.8 Å². The number of hydrogen-bond acceptors (Lipinski definition) is 5. The molecule has 0 bridgehead atoms. The first-order valence-corrected chi connectivity index (χ1v) is 7.38. The Kier molecular flexibility index (Phi) is 2.87. The summed E-state index contributed by atoms with van der Waals surface area (Å²) in [4.78, 5) is 17.1. The molecule has 1 aliphatic carbocycles. The predicted molar refractivity (Wildman–Crippen MR) is 74.5 cm³/mol. The largest absolute Gasteiger partial charge is 0.398 e. The molecule has 0 unspecified atom stereocenters. The Balaban J connectivity index is 1.97. The first kappa shape index (κ1) is 11.7. The van der Waals surface area contributed by atoms with Gasteiger partial charge in [0.15, 0.2) is 10.1 Å². The van der Waals surface area contributed by atoms with Crippen LogP contribution in [0.2, 0.25) is 0 Å². The SMILES string of the molecule is Cc1csc(Sc2cc3c(cc2N)CCC3=O)n1. The molecule has 0 aliphatic heterocycles. The van der Waals surface area contributed by atoms with E-state index < -0.39 is 0 Å². The minimum atomic E-state index is 0.224. The summed E-state index contributed by atoms with van der Waals surface area (Å²) in [5.74, 6) is 0.224. The molecule has 18 heavy (non-hydrogen) atoms. The zero-order valence-electron chi connectivity index (χ0n) is 9.90. The van der Waals surface area contributed by atoms with Gasteiger partial charge in [-0.1, -0.05) is 11.8 Å². The number of nitrogen functional groups attached to an aromatic ring is 1. The van der Waals surface area contributed by atoms with Crippen molar-refractivity contribution in [3.8, 4) is 0 Å². The molecule has 0 spiro atoms. The first-order valence-electron chi connectivity index (χ1n) is 5.69. The van der Waals surface area contributed by atoms with E-state index >= 15 is 0 Å². The molecule has 3 nitrogen and oxygen atoms in total. The number of benzene rings is 1. The van der Waals surface area contributed by atoms with Gasteiger partial charge in [0.1, 0.15) is 0 Å². The lowest BCUT2D eigenvalue weighted by atomic mass is 10.1. The Morgan fingerprint density at radius 2 is 2.22 bits per heavy atom. The number of fused-ring (bicyclic) bond motifs is 1. The Morgan fingerprint density at radius 3 is 2.94 bits per heavy atom. The van der Waals surface area contributed by atoms with E-state index in [0.717, 1.165) is 38.2 Å². The number of nitrogens with zero attached hydrogens (tertiary/aromatic N) is 1. The summed E-state index contributed by atoms with van der Waals surface area (Å²) in [6.07, 6.45) is 1.43. The topological polar surface area (TPSA) is 56.0 Å². The van der Waals surface area contributed by atoms with Crippen molar-refractivity contribution in [2.45, 2.75) is 29.0 Å². The number of rotatable bonds is 2. The summed E-state index contributed by atoms with van der Waals surface area (Å²) in [5.41, 5.74) is 9.70. The van der Waals surface area contributed by atoms with Crippen molar-refractivity contribution >= 4 is 34.6 Å². The molecule has 0 fully saturated rings. The molecule has 1 aromatic heterocycles. The average molecular weight is 276 g/mol. The predicted octanol–water partition coefficient (Wildman–Crippen LogP) is 3.31. The molecule has 5 heteroatoms. The average Bonchev–Trinajstić information content (AvgIpc) is 2.88. The fourth-order valence-corrected chi connectivity index (χ4v) is 3.91. The Hall–Kier alpha value is -1.33. The molecule has 2 aromatic rings. The van der Waals surface area contributed by atoms with E-state index in [-0.39, 0.29) is 5.78 Å². The highest BCUT2D eigenvalue weighted by molar-refractivity contribution is 8.01. The summed E-state index contributed by atoms with van der Waals surface area (Å²) < 4.78 is 0.963. The Bertz CT molecular complexity index is 634. The van der Waals surface area contributed by atoms with Gasteiger partial charge in [-0.05, 0) is 31.0 Å². The van der Waals surface area contributed by atoms with Crippen LogP contribution in [0.25, 0.3) is 0 Å². The van der Waals surface area contributed by atoms with E-state index in [9.17, 15) is 4.79 Å². The quantitative estimate of drug-likeness (QED) is 0.855. The van der Waals surface area contributed by atoms with Crippen molar-refractivity contribution in [3.63, 3.8) is 0 Å². The maximum atomic E-state index is 11.7. The van der Waals surface area contributed by atoms with Gasteiger partial charge in [0.25, 0.3) is 0 Å². The van der Waals surface area contributed by atoms with Crippen molar-refractivity contribution in [1.82, 2.24) is 4.98 Å². The van der Waals surface area contributed by atoms with Crippen LogP contribution in [-0.2, 0) is 6.42 Å². The number of aromatic nitrogens is 1. The number of aryl methyl sites for hydroxylation is 2. The molecule has 3 rings (SSSR count). The second kappa shape index (κ2) is 4.40. The monoisotopic (exact) mass is 276 g/mol. The van der Waals surface area contributed by atoms with Crippen molar-refractivity contribution in [2.24, 2.45) is 0 Å². The lowest BCUT2D eigenvalue weighted by molar-refractivity contribution is 0.0994. The molecule has 0 saturated carbocycles. The van der Waals surface area contributed by atoms with E-state index in [1.807, 2.05) is 24.4 Å². The zero-order valence-corrected chi connectivity index (χ0v) is 11.5. The van der Waals surface area contributed by atoms with Crippen LogP contribution < -0.4 is 5.73 Å². The molecule has 0 atom stereocenters. The van der Waals surface area contributed by atoms with Crippen LogP contribution in [0, 0.1) is 6.92 Å². The summed E-state index contributed by atoms with van der Waals surface area (Å²) in [6, 6.07) is 3.85. The molecule has 0 amide bonds. The van der Waals surface area contributed by atoms with Crippen molar-refractivity contribution in [3.05, 3.63) is 34.3 Å². The number of carbonyl (C=O) groups excluding carboxylic acids is 1. The number of hydrogen-bond donors (Lipinski definition) is 1. The van der Waals surface area contributed by atoms with Crippen LogP contribution in [0.1, 0.15) is 28.0 Å². The lowest BCUT2D eigenvalue weighted by Gasteiger charge is -2.06. The molecule has 0 saturated heterocycles. The number of Topliss-reactive ketones (excluding diaryl/α,β-unsaturated/α-hetero) is 1. The van der Waals surface area contributed by atoms with E-state index in [0.29, 0.717) is 6.42 Å². The lowest BCUT2D eigenvalue weighted by Crippen LogP contribution is -1.95. The maximum absolute atomic E-state index is 11.7. The van der Waals surface area contributed by atoms with Gasteiger partial charge in [0.2, 0.25) is 0 Å². The number of anilines is 1. The molecule has 0 radical (unpaired) electrons. The Labute approximate surface area is 113 Å². The van der Waals surface area contributed by atoms with Gasteiger partial charge in [-0.2, -0.15) is 0 Å². The van der Waals surface area contributed by atoms with Crippen LogP contribution in [-0.4, -0.2) is 10.8 Å². The minimum absolute atomic E-state index is 0.224. The summed E-state index contributed by atoms with van der Waals surface area (Å²) in [6.45, 7) is 1.97. The number of carbonyl (C=O) groups is 1. The smallest absolute Gasteiger partial charge is 0.163 e. The highest BCUT2D eigenvalue weighted by atomic mass is 32.2. The second-order valence-electron chi connectivity index (χ2n) is 4.33. The minimum Gasteiger partial charge on any atom is -0.398 e.